The predicted octanol–water partition coefficient (Wildman–Crippen LogP) is 1.86. The Morgan fingerprint density at radius 2 is 2.29 bits per heavy atom. The van der Waals surface area contributed by atoms with Crippen molar-refractivity contribution in [3.63, 3.8) is 0 Å². The van der Waals surface area contributed by atoms with Crippen LogP contribution < -0.4 is 0 Å². The third-order valence-electron chi connectivity index (χ3n) is 0.317. The van der Waals surface area contributed by atoms with Gasteiger partial charge in [-0.2, -0.15) is 12.6 Å². The van der Waals surface area contributed by atoms with Gasteiger partial charge in [0, 0.05) is 5.75 Å². The van der Waals surface area contributed by atoms with Crippen LogP contribution in [0.2, 0.25) is 0 Å². The van der Waals surface area contributed by atoms with Crippen LogP contribution in [-0.2, 0) is 0 Å². The van der Waals surface area contributed by atoms with Crippen LogP contribution >= 0.6 is 49.2 Å². The lowest BCUT2D eigenvalue weighted by molar-refractivity contribution is 1.58. The van der Waals surface area contributed by atoms with E-state index >= 15 is 0 Å². The van der Waals surface area contributed by atoms with Crippen molar-refractivity contribution in [2.45, 2.75) is 0 Å². The first-order valence-electron chi connectivity index (χ1n) is 1.74. The van der Waals surface area contributed by atoms with E-state index in [1.54, 1.807) is 11.8 Å². The van der Waals surface area contributed by atoms with Gasteiger partial charge in [-0.15, -0.1) is 24.4 Å². The van der Waals surface area contributed by atoms with Gasteiger partial charge in [0.05, 0.1) is 0 Å². The van der Waals surface area contributed by atoms with Gasteiger partial charge in [-0.25, -0.2) is 0 Å². The van der Waals surface area contributed by atoms with E-state index in [4.69, 9.17) is 0 Å². The zero-order chi connectivity index (χ0) is 5.70. The summed E-state index contributed by atoms with van der Waals surface area (Å²) < 4.78 is 0.703. The molecular formula is C3H6S4. The number of thiocarbonyl (C=S) groups is 1. The van der Waals surface area contributed by atoms with Crippen LogP contribution in [0.5, 0.6) is 0 Å². The molecule has 0 unspecified atom stereocenters. The van der Waals surface area contributed by atoms with E-state index in [1.807, 2.05) is 0 Å². The second-order valence-electron chi connectivity index (χ2n) is 0.838. The van der Waals surface area contributed by atoms with Gasteiger partial charge in [0.25, 0.3) is 0 Å². The molecule has 0 fully saturated rings. The lowest BCUT2D eigenvalue weighted by Gasteiger charge is -1.88. The van der Waals surface area contributed by atoms with Crippen molar-refractivity contribution in [1.82, 2.24) is 0 Å². The molecule has 0 radical (unpaired) electrons. The molecule has 0 nitrogen and oxygen atoms in total. The molecule has 0 aliphatic carbocycles. The first-order valence-corrected chi connectivity index (χ1v) is 4.21. The van der Waals surface area contributed by atoms with Crippen molar-refractivity contribution in [2.75, 3.05) is 11.5 Å². The first-order chi connectivity index (χ1) is 3.27. The maximum Gasteiger partial charge on any atom is 0.101 e. The molecule has 0 bridgehead atoms. The zero-order valence-electron chi connectivity index (χ0n) is 3.63. The Balaban J connectivity index is 2.82. The highest BCUT2D eigenvalue weighted by molar-refractivity contribution is 8.41. The van der Waals surface area contributed by atoms with E-state index < -0.39 is 0 Å². The number of hydrogen-bond donors (Lipinski definition) is 2. The Morgan fingerprint density at radius 1 is 1.71 bits per heavy atom. The van der Waals surface area contributed by atoms with Crippen LogP contribution in [0.15, 0.2) is 0 Å². The monoisotopic (exact) mass is 170 g/mol. The minimum absolute atomic E-state index is 0.703. The second kappa shape index (κ2) is 5.28. The highest BCUT2D eigenvalue weighted by Gasteiger charge is 1.84. The topological polar surface area (TPSA) is 0 Å². The molecule has 7 heavy (non-hydrogen) atoms. The van der Waals surface area contributed by atoms with Crippen LogP contribution in [0.3, 0.4) is 0 Å². The Labute approximate surface area is 64.3 Å². The highest BCUT2D eigenvalue weighted by atomic mass is 32.2. The van der Waals surface area contributed by atoms with Crippen LogP contribution in [0, 0.1) is 0 Å². The Morgan fingerprint density at radius 3 is 2.43 bits per heavy atom. The molecule has 0 aromatic rings. The molecule has 0 heterocycles. The van der Waals surface area contributed by atoms with Gasteiger partial charge in [0.15, 0.2) is 0 Å². The number of thiol groups is 2. The van der Waals surface area contributed by atoms with Crippen LogP contribution in [0.4, 0.5) is 0 Å². The molecule has 0 amide bonds. The Kier molecular flexibility index (Phi) is 6.14. The van der Waals surface area contributed by atoms with E-state index in [-0.39, 0.29) is 0 Å². The third-order valence-corrected chi connectivity index (χ3v) is 2.24. The van der Waals surface area contributed by atoms with Gasteiger partial charge in [0.2, 0.25) is 0 Å². The van der Waals surface area contributed by atoms with Crippen molar-refractivity contribution in [2.24, 2.45) is 0 Å². The molecule has 42 valence electrons. The van der Waals surface area contributed by atoms with Gasteiger partial charge < -0.3 is 0 Å². The van der Waals surface area contributed by atoms with Crippen LogP contribution in [0.1, 0.15) is 0 Å². The molecule has 0 saturated heterocycles. The van der Waals surface area contributed by atoms with Crippen molar-refractivity contribution in [1.29, 1.82) is 0 Å². The van der Waals surface area contributed by atoms with Gasteiger partial charge in [-0.1, -0.05) is 12.2 Å². The minimum atomic E-state index is 0.703. The summed E-state index contributed by atoms with van der Waals surface area (Å²) in [5.41, 5.74) is 0. The molecular weight excluding hydrogens is 164 g/mol. The smallest absolute Gasteiger partial charge is 0.101 e. The highest BCUT2D eigenvalue weighted by Crippen LogP contribution is 2.06. The zero-order valence-corrected chi connectivity index (χ0v) is 7.05. The summed E-state index contributed by atoms with van der Waals surface area (Å²) in [6.07, 6.45) is 0. The molecule has 0 N–H and O–H groups in total. The van der Waals surface area contributed by atoms with Gasteiger partial charge >= 0.3 is 0 Å². The lowest BCUT2D eigenvalue weighted by Crippen LogP contribution is -1.80. The Hall–Kier alpha value is 1.14. The van der Waals surface area contributed by atoms with Crippen molar-refractivity contribution >= 4 is 52.8 Å². The molecule has 0 spiro atoms. The molecule has 0 aliphatic heterocycles. The molecule has 0 aromatic carbocycles. The average Bonchev–Trinajstić information content (AvgIpc) is 1.61. The van der Waals surface area contributed by atoms with Gasteiger partial charge in [-0.3, -0.25) is 0 Å². The van der Waals surface area contributed by atoms with Crippen molar-refractivity contribution in [3.8, 4) is 0 Å². The minimum Gasteiger partial charge on any atom is -0.178 e. The Bertz CT molecular complexity index is 60.0. The number of hydrogen-bond acceptors (Lipinski definition) is 3. The molecule has 0 aromatic heterocycles. The molecule has 0 rings (SSSR count). The SMILES string of the molecule is S=C(S)SCCS. The van der Waals surface area contributed by atoms with Gasteiger partial charge in [0.1, 0.15) is 3.53 Å². The summed E-state index contributed by atoms with van der Waals surface area (Å²) >= 11 is 14.1. The standard InChI is InChI=1S/C3H6S4/c4-1-2-7-3(5)6/h4H,1-2H2,(H,5,6). The van der Waals surface area contributed by atoms with E-state index in [9.17, 15) is 0 Å². The third kappa shape index (κ3) is 7.14. The summed E-state index contributed by atoms with van der Waals surface area (Å²) in [6.45, 7) is 0. The largest absolute Gasteiger partial charge is 0.178 e. The lowest BCUT2D eigenvalue weighted by atomic mass is 11.0. The summed E-state index contributed by atoms with van der Waals surface area (Å²) in [4.78, 5) is 0. The van der Waals surface area contributed by atoms with Crippen molar-refractivity contribution in [3.05, 3.63) is 0 Å². The van der Waals surface area contributed by atoms with E-state index in [2.05, 4.69) is 37.5 Å². The normalized spacial score (nSPS) is 8.86. The van der Waals surface area contributed by atoms with Crippen LogP contribution in [-0.4, -0.2) is 15.0 Å². The summed E-state index contributed by atoms with van der Waals surface area (Å²) in [5, 5.41) is 0. The van der Waals surface area contributed by atoms with E-state index in [0.717, 1.165) is 11.5 Å². The fraction of sp³-hybridized carbons (Fsp3) is 0.667. The molecule has 0 saturated carbocycles. The average molecular weight is 170 g/mol. The number of rotatable bonds is 2. The maximum absolute atomic E-state index is 4.65. The molecule has 0 atom stereocenters. The fourth-order valence-corrected chi connectivity index (χ4v) is 1.20. The second-order valence-corrected chi connectivity index (χ2v) is 4.11. The quantitative estimate of drug-likeness (QED) is 0.479. The molecule has 0 aliphatic rings. The van der Waals surface area contributed by atoms with E-state index in [1.165, 1.54) is 0 Å². The van der Waals surface area contributed by atoms with Gasteiger partial charge in [-0.05, 0) is 5.75 Å². The first kappa shape index (κ1) is 8.14. The summed E-state index contributed by atoms with van der Waals surface area (Å²) in [7, 11) is 0. The summed E-state index contributed by atoms with van der Waals surface area (Å²) in [6, 6.07) is 0. The van der Waals surface area contributed by atoms with Crippen LogP contribution in [0.25, 0.3) is 0 Å². The fourth-order valence-electron chi connectivity index (χ4n) is 0.133. The predicted molar refractivity (Wildman–Crippen MR) is 47.9 cm³/mol. The van der Waals surface area contributed by atoms with Crippen molar-refractivity contribution < 1.29 is 0 Å². The number of thioether (sulfide) groups is 1. The summed E-state index contributed by atoms with van der Waals surface area (Å²) in [5.74, 6) is 1.83. The maximum atomic E-state index is 4.65. The van der Waals surface area contributed by atoms with E-state index in [0.29, 0.717) is 3.53 Å². The molecule has 4 heteroatoms.